The minimum absolute atomic E-state index is 0.0169. The molecule has 2 aliphatic rings. The molecule has 3 amide bonds. The van der Waals surface area contributed by atoms with Gasteiger partial charge in [0.1, 0.15) is 6.54 Å². The van der Waals surface area contributed by atoms with E-state index in [9.17, 15) is 22.4 Å². The molecule has 0 radical (unpaired) electrons. The van der Waals surface area contributed by atoms with Crippen LogP contribution in [0, 0.1) is 11.7 Å². The molecule has 7 nitrogen and oxygen atoms in total. The van der Waals surface area contributed by atoms with E-state index in [4.69, 9.17) is 4.74 Å². The molecule has 164 valence electrons. The van der Waals surface area contributed by atoms with Crippen LogP contribution < -0.4 is 10.1 Å². The second-order valence-electron chi connectivity index (χ2n) is 7.95. The Morgan fingerprint density at radius 1 is 1.30 bits per heavy atom. The molecule has 0 unspecified atom stereocenters. The molecule has 1 aliphatic heterocycles. The van der Waals surface area contributed by atoms with Gasteiger partial charge in [-0.15, -0.1) is 0 Å². The smallest absolute Gasteiger partial charge is 0.324 e. The van der Waals surface area contributed by atoms with E-state index in [1.165, 1.54) is 11.0 Å². The highest BCUT2D eigenvalue weighted by atomic mass is 32.2. The van der Waals surface area contributed by atoms with Crippen molar-refractivity contribution in [3.63, 3.8) is 0 Å². The van der Waals surface area contributed by atoms with Gasteiger partial charge in [-0.2, -0.15) is 0 Å². The first kappa shape index (κ1) is 22.3. The molecule has 1 saturated heterocycles. The van der Waals surface area contributed by atoms with E-state index in [1.54, 1.807) is 31.2 Å². The molecule has 30 heavy (non-hydrogen) atoms. The van der Waals surface area contributed by atoms with Crippen LogP contribution >= 0.6 is 0 Å². The van der Waals surface area contributed by atoms with Crippen LogP contribution in [0.25, 0.3) is 0 Å². The normalized spacial score (nSPS) is 18.1. The molecule has 1 aromatic rings. The zero-order valence-corrected chi connectivity index (χ0v) is 17.8. The molecule has 1 N–H and O–H groups in total. The number of imide groups is 1. The van der Waals surface area contributed by atoms with Gasteiger partial charge in [0, 0.05) is 6.54 Å². The minimum atomic E-state index is -3.32. The number of amides is 3. The van der Waals surface area contributed by atoms with Crippen molar-refractivity contribution in [2.75, 3.05) is 31.2 Å². The van der Waals surface area contributed by atoms with Gasteiger partial charge in [0.15, 0.2) is 21.4 Å². The van der Waals surface area contributed by atoms with Crippen molar-refractivity contribution in [1.82, 2.24) is 10.2 Å². The Kier molecular flexibility index (Phi) is 7.12. The Bertz CT molecular complexity index is 927. The molecule has 1 aliphatic carbocycles. The fourth-order valence-electron chi connectivity index (χ4n) is 3.19. The number of urea groups is 1. The third kappa shape index (κ3) is 6.55. The maximum Gasteiger partial charge on any atom is 0.324 e. The highest BCUT2D eigenvalue weighted by Gasteiger charge is 2.25. The van der Waals surface area contributed by atoms with E-state index in [-0.39, 0.29) is 42.2 Å². The average molecular weight is 439 g/mol. The summed E-state index contributed by atoms with van der Waals surface area (Å²) in [7, 11) is -3.32. The van der Waals surface area contributed by atoms with Crippen molar-refractivity contribution in [3.05, 3.63) is 41.7 Å². The van der Waals surface area contributed by atoms with Gasteiger partial charge in [-0.1, -0.05) is 25.1 Å². The molecule has 1 heterocycles. The van der Waals surface area contributed by atoms with E-state index in [0.29, 0.717) is 18.9 Å². The molecule has 0 bridgehead atoms. The van der Waals surface area contributed by atoms with Crippen LogP contribution in [0.4, 0.5) is 9.18 Å². The zero-order chi connectivity index (χ0) is 21.7. The molecule has 3 rings (SSSR count). The Morgan fingerprint density at radius 3 is 2.73 bits per heavy atom. The third-order valence-corrected chi connectivity index (χ3v) is 7.02. The number of carbonyl (C=O) groups excluding carboxylic acids is 2. The van der Waals surface area contributed by atoms with Crippen molar-refractivity contribution in [1.29, 1.82) is 0 Å². The molecule has 9 heteroatoms. The summed E-state index contributed by atoms with van der Waals surface area (Å²) >= 11 is 0. The Hall–Kier alpha value is -2.42. The Morgan fingerprint density at radius 2 is 2.07 bits per heavy atom. The second-order valence-corrected chi connectivity index (χ2v) is 10.2. The van der Waals surface area contributed by atoms with Crippen LogP contribution in [0.3, 0.4) is 0 Å². The number of sulfone groups is 1. The number of benzene rings is 1. The van der Waals surface area contributed by atoms with Crippen molar-refractivity contribution < 1.29 is 27.1 Å². The molecular formula is C21H27FN2O5S. The molecule has 1 atom stereocenters. The van der Waals surface area contributed by atoms with Crippen molar-refractivity contribution >= 4 is 21.8 Å². The van der Waals surface area contributed by atoms with Gasteiger partial charge in [0.2, 0.25) is 5.91 Å². The van der Waals surface area contributed by atoms with Crippen LogP contribution in [0.5, 0.6) is 5.75 Å². The number of hydrogen-bond donors (Lipinski definition) is 1. The number of allylic oxidation sites excluding steroid dienone is 1. The summed E-state index contributed by atoms with van der Waals surface area (Å²) < 4.78 is 44.4. The number of nitrogens with one attached hydrogen (secondary N) is 1. The summed E-state index contributed by atoms with van der Waals surface area (Å²) in [4.78, 5) is 23.9. The lowest BCUT2D eigenvalue weighted by atomic mass is 10.0. The zero-order valence-electron chi connectivity index (χ0n) is 17.0. The lowest BCUT2D eigenvalue weighted by molar-refractivity contribution is -0.118. The largest absolute Gasteiger partial charge is 0.490 e. The van der Waals surface area contributed by atoms with Crippen molar-refractivity contribution in [2.45, 2.75) is 32.1 Å². The summed E-state index contributed by atoms with van der Waals surface area (Å²) in [6, 6.07) is 4.08. The van der Waals surface area contributed by atoms with Gasteiger partial charge in [-0.05, 0) is 48.8 Å². The topological polar surface area (TPSA) is 92.8 Å². The Labute approximate surface area is 176 Å². The van der Waals surface area contributed by atoms with Gasteiger partial charge >= 0.3 is 6.03 Å². The van der Waals surface area contributed by atoms with Crippen LogP contribution in [-0.2, 0) is 14.6 Å². The fraction of sp³-hybridized carbons (Fsp3) is 0.524. The van der Waals surface area contributed by atoms with E-state index < -0.39 is 21.7 Å². The first-order valence-corrected chi connectivity index (χ1v) is 11.9. The molecule has 2 fully saturated rings. The number of ether oxygens (including phenoxy) is 1. The summed E-state index contributed by atoms with van der Waals surface area (Å²) in [5, 5.41) is 2.18. The molecular weight excluding hydrogens is 411 g/mol. The van der Waals surface area contributed by atoms with E-state index in [1.807, 2.05) is 0 Å². The minimum Gasteiger partial charge on any atom is -0.490 e. The van der Waals surface area contributed by atoms with Crippen molar-refractivity contribution in [3.8, 4) is 5.75 Å². The number of halogens is 1. The first-order valence-electron chi connectivity index (χ1n) is 10.1. The van der Waals surface area contributed by atoms with Crippen LogP contribution in [0.1, 0.15) is 37.7 Å². The highest BCUT2D eigenvalue weighted by Crippen LogP contribution is 2.31. The van der Waals surface area contributed by atoms with Crippen LogP contribution in [0.15, 0.2) is 30.4 Å². The number of nitrogens with zero attached hydrogens (tertiary/aromatic N) is 1. The molecule has 1 aromatic carbocycles. The van der Waals surface area contributed by atoms with E-state index in [2.05, 4.69) is 5.32 Å². The predicted octanol–water partition coefficient (Wildman–Crippen LogP) is 2.63. The van der Waals surface area contributed by atoms with Crippen LogP contribution in [-0.4, -0.2) is 56.5 Å². The molecule has 0 aromatic heterocycles. The monoisotopic (exact) mass is 438 g/mol. The maximum absolute atomic E-state index is 13.9. The third-order valence-electron chi connectivity index (χ3n) is 5.16. The summed E-state index contributed by atoms with van der Waals surface area (Å²) in [6.07, 6.45) is 5.90. The Balaban J connectivity index is 1.47. The first-order chi connectivity index (χ1) is 14.2. The lowest BCUT2D eigenvalue weighted by Gasteiger charge is -2.14. The van der Waals surface area contributed by atoms with Gasteiger partial charge in [0.05, 0.1) is 18.1 Å². The van der Waals surface area contributed by atoms with E-state index >= 15 is 0 Å². The fourth-order valence-corrected chi connectivity index (χ4v) is 4.80. The predicted molar refractivity (Wildman–Crippen MR) is 111 cm³/mol. The quantitative estimate of drug-likeness (QED) is 0.424. The van der Waals surface area contributed by atoms with Crippen molar-refractivity contribution in [2.24, 2.45) is 5.92 Å². The van der Waals surface area contributed by atoms with Gasteiger partial charge < -0.3 is 9.64 Å². The average Bonchev–Trinajstić information content (AvgIpc) is 3.44. The van der Waals surface area contributed by atoms with Gasteiger partial charge in [-0.25, -0.2) is 17.6 Å². The number of carbonyl (C=O) groups is 2. The number of hydrogen-bond acceptors (Lipinski definition) is 5. The SMILES string of the molecule is C[C@@H](CS(=O)(=O)CC/C=C/CN1CC(=O)NC1=O)c1ccc(F)c(OCC2CC2)c1. The van der Waals surface area contributed by atoms with E-state index in [0.717, 1.165) is 18.4 Å². The van der Waals surface area contributed by atoms with Crippen LogP contribution in [0.2, 0.25) is 0 Å². The van der Waals surface area contributed by atoms with Gasteiger partial charge in [0.25, 0.3) is 0 Å². The summed E-state index contributed by atoms with van der Waals surface area (Å²) in [5.41, 5.74) is 0.728. The lowest BCUT2D eigenvalue weighted by Crippen LogP contribution is -2.28. The standard InChI is InChI=1S/C21H27FN2O5S/c1-15(17-7-8-18(22)19(11-17)29-13-16-5-6-16)14-30(27,28)10-4-2-3-9-24-12-20(25)23-21(24)26/h2-3,7-8,11,15-16H,4-6,9-10,12-14H2,1H3,(H,23,25,26)/b3-2+/t15-/m0/s1. The summed E-state index contributed by atoms with van der Waals surface area (Å²) in [5.74, 6) is -0.458. The second kappa shape index (κ2) is 9.59. The number of rotatable bonds is 11. The summed E-state index contributed by atoms with van der Waals surface area (Å²) in [6.45, 7) is 2.57. The highest BCUT2D eigenvalue weighted by molar-refractivity contribution is 7.91. The molecule has 0 spiro atoms. The molecule has 1 saturated carbocycles. The van der Waals surface area contributed by atoms with Gasteiger partial charge in [-0.3, -0.25) is 10.1 Å². The maximum atomic E-state index is 13.9.